The molecule has 0 aliphatic heterocycles. The van der Waals surface area contributed by atoms with Gasteiger partial charge in [-0.15, -0.1) is 11.3 Å². The normalized spacial score (nSPS) is 12.8. The van der Waals surface area contributed by atoms with Crippen molar-refractivity contribution in [2.24, 2.45) is 0 Å². The molecule has 0 aliphatic carbocycles. The van der Waals surface area contributed by atoms with Crippen LogP contribution in [-0.2, 0) is 14.8 Å². The van der Waals surface area contributed by atoms with Crippen molar-refractivity contribution in [3.63, 3.8) is 0 Å². The number of halogens is 1. The molecule has 0 aliphatic rings. The molecule has 9 heteroatoms. The molecular formula is C19H19FN2O4S2. The summed E-state index contributed by atoms with van der Waals surface area (Å²) in [5.74, 6) is -0.763. The van der Waals surface area contributed by atoms with Gasteiger partial charge in [0.25, 0.3) is 5.91 Å². The van der Waals surface area contributed by atoms with Crippen LogP contribution in [0, 0.1) is 5.82 Å². The van der Waals surface area contributed by atoms with Crippen LogP contribution in [-0.4, -0.2) is 34.1 Å². The Labute approximate surface area is 166 Å². The number of thiophene rings is 1. The van der Waals surface area contributed by atoms with Crippen molar-refractivity contribution in [2.45, 2.75) is 17.9 Å². The Balaban J connectivity index is 1.73. The lowest BCUT2D eigenvalue weighted by Crippen LogP contribution is -2.35. The molecule has 3 rings (SSSR count). The zero-order chi connectivity index (χ0) is 20.3. The van der Waals surface area contributed by atoms with Gasteiger partial charge in [-0.3, -0.25) is 4.79 Å². The summed E-state index contributed by atoms with van der Waals surface area (Å²) in [5, 5.41) is 3.09. The fourth-order valence-electron chi connectivity index (χ4n) is 2.66. The van der Waals surface area contributed by atoms with Gasteiger partial charge in [0.1, 0.15) is 5.82 Å². The van der Waals surface area contributed by atoms with Gasteiger partial charge in [0.2, 0.25) is 10.0 Å². The van der Waals surface area contributed by atoms with E-state index >= 15 is 0 Å². The molecule has 1 unspecified atom stereocenters. The highest BCUT2D eigenvalue weighted by Gasteiger charge is 2.18. The highest BCUT2D eigenvalue weighted by molar-refractivity contribution is 7.89. The van der Waals surface area contributed by atoms with Crippen LogP contribution in [0.2, 0.25) is 0 Å². The van der Waals surface area contributed by atoms with Crippen LogP contribution in [0.4, 0.5) is 10.1 Å². The number of ether oxygens (including phenoxy) is 1. The lowest BCUT2D eigenvalue weighted by atomic mass is 10.2. The number of carbonyl (C=O) groups is 1. The second-order valence-corrected chi connectivity index (χ2v) is 9.02. The van der Waals surface area contributed by atoms with E-state index in [0.717, 1.165) is 0 Å². The van der Waals surface area contributed by atoms with Gasteiger partial charge in [-0.2, -0.15) is 0 Å². The molecule has 1 amide bonds. The van der Waals surface area contributed by atoms with E-state index in [2.05, 4.69) is 10.0 Å². The minimum Gasteiger partial charge on any atom is -0.383 e. The number of methoxy groups -OCH3 is 1. The number of hydrogen-bond acceptors (Lipinski definition) is 5. The number of fused-ring (bicyclic) bond motifs is 1. The Kier molecular flexibility index (Phi) is 6.09. The van der Waals surface area contributed by atoms with Crippen molar-refractivity contribution in [3.05, 3.63) is 59.2 Å². The molecule has 0 saturated heterocycles. The van der Waals surface area contributed by atoms with Crippen LogP contribution in [0.25, 0.3) is 10.1 Å². The zero-order valence-corrected chi connectivity index (χ0v) is 16.9. The molecule has 3 aromatic rings. The number of nitrogens with one attached hydrogen (secondary N) is 2. The number of anilines is 1. The highest BCUT2D eigenvalue weighted by atomic mass is 32.2. The van der Waals surface area contributed by atoms with Crippen molar-refractivity contribution in [2.75, 3.05) is 19.0 Å². The standard InChI is InChI=1S/C19H19FN2O4S2/c1-12(11-26-2)22-28(24,25)14-8-6-13(7-9-14)21-19(23)18-10-15-16(20)4-3-5-17(15)27-18/h3-10,12,22H,11H2,1-2H3,(H,21,23). The second kappa shape index (κ2) is 8.36. The van der Waals surface area contributed by atoms with Gasteiger partial charge in [-0.1, -0.05) is 6.07 Å². The molecule has 0 bridgehead atoms. The Morgan fingerprint density at radius 2 is 1.93 bits per heavy atom. The quantitative estimate of drug-likeness (QED) is 0.609. The van der Waals surface area contributed by atoms with E-state index in [9.17, 15) is 17.6 Å². The molecule has 0 radical (unpaired) electrons. The monoisotopic (exact) mass is 422 g/mol. The number of amides is 1. The van der Waals surface area contributed by atoms with Crippen molar-refractivity contribution in [3.8, 4) is 0 Å². The maximum atomic E-state index is 13.8. The first-order valence-electron chi connectivity index (χ1n) is 8.41. The maximum absolute atomic E-state index is 13.8. The molecule has 28 heavy (non-hydrogen) atoms. The smallest absolute Gasteiger partial charge is 0.265 e. The van der Waals surface area contributed by atoms with Crippen molar-refractivity contribution >= 4 is 43.0 Å². The van der Waals surface area contributed by atoms with Crippen LogP contribution in [0.15, 0.2) is 53.4 Å². The number of sulfonamides is 1. The predicted octanol–water partition coefficient (Wildman–Crippen LogP) is 3.61. The SMILES string of the molecule is COCC(C)NS(=O)(=O)c1ccc(NC(=O)c2cc3c(F)cccc3s2)cc1. The fourth-order valence-corrected chi connectivity index (χ4v) is 4.86. The van der Waals surface area contributed by atoms with E-state index in [-0.39, 0.29) is 29.3 Å². The van der Waals surface area contributed by atoms with Gasteiger partial charge >= 0.3 is 0 Å². The van der Waals surface area contributed by atoms with Gasteiger partial charge in [0.05, 0.1) is 16.4 Å². The third-order valence-corrected chi connectivity index (χ3v) is 6.63. The molecular weight excluding hydrogens is 403 g/mol. The third kappa shape index (κ3) is 4.56. The number of carbonyl (C=O) groups excluding carboxylic acids is 1. The van der Waals surface area contributed by atoms with Gasteiger partial charge in [-0.05, 0) is 49.4 Å². The molecule has 1 heterocycles. The Hall–Kier alpha value is -2.33. The third-order valence-electron chi connectivity index (χ3n) is 3.93. The first kappa shape index (κ1) is 20.4. The summed E-state index contributed by atoms with van der Waals surface area (Å²) in [5.41, 5.74) is 0.437. The van der Waals surface area contributed by atoms with Gasteiger partial charge in [-0.25, -0.2) is 17.5 Å². The molecule has 0 spiro atoms. The molecule has 1 atom stereocenters. The van der Waals surface area contributed by atoms with Crippen LogP contribution in [0.3, 0.4) is 0 Å². The summed E-state index contributed by atoms with van der Waals surface area (Å²) in [6.45, 7) is 1.95. The van der Waals surface area contributed by atoms with Crippen LogP contribution < -0.4 is 10.0 Å². The summed E-state index contributed by atoms with van der Waals surface area (Å²) < 4.78 is 46.5. The Morgan fingerprint density at radius 1 is 1.21 bits per heavy atom. The molecule has 2 aromatic carbocycles. The summed E-state index contributed by atoms with van der Waals surface area (Å²) >= 11 is 1.19. The molecule has 0 fully saturated rings. The maximum Gasteiger partial charge on any atom is 0.265 e. The van der Waals surface area contributed by atoms with Crippen molar-refractivity contribution in [1.82, 2.24) is 4.72 Å². The van der Waals surface area contributed by atoms with Crippen LogP contribution in [0.1, 0.15) is 16.6 Å². The zero-order valence-electron chi connectivity index (χ0n) is 15.2. The van der Waals surface area contributed by atoms with Crippen LogP contribution >= 0.6 is 11.3 Å². The van der Waals surface area contributed by atoms with Crippen molar-refractivity contribution < 1.29 is 22.3 Å². The molecule has 0 saturated carbocycles. The summed E-state index contributed by atoms with van der Waals surface area (Å²) in [6, 6.07) is 11.6. The predicted molar refractivity (Wildman–Crippen MR) is 108 cm³/mol. The van der Waals surface area contributed by atoms with E-state index in [4.69, 9.17) is 4.74 Å². The van der Waals surface area contributed by atoms with Crippen LogP contribution in [0.5, 0.6) is 0 Å². The lowest BCUT2D eigenvalue weighted by Gasteiger charge is -2.13. The Morgan fingerprint density at radius 3 is 2.57 bits per heavy atom. The van der Waals surface area contributed by atoms with E-state index in [1.54, 1.807) is 19.1 Å². The van der Waals surface area contributed by atoms with Gasteiger partial charge in [0, 0.05) is 28.9 Å². The van der Waals surface area contributed by atoms with Gasteiger partial charge < -0.3 is 10.1 Å². The average Bonchev–Trinajstić information content (AvgIpc) is 3.08. The summed E-state index contributed by atoms with van der Waals surface area (Å²) in [7, 11) is -2.19. The minimum atomic E-state index is -3.68. The molecule has 1 aromatic heterocycles. The lowest BCUT2D eigenvalue weighted by molar-refractivity contribution is 0.103. The Bertz CT molecular complexity index is 1090. The van der Waals surface area contributed by atoms with Crippen molar-refractivity contribution in [1.29, 1.82) is 0 Å². The second-order valence-electron chi connectivity index (χ2n) is 6.22. The fraction of sp³-hybridized carbons (Fsp3) is 0.211. The first-order chi connectivity index (χ1) is 13.3. The minimum absolute atomic E-state index is 0.0809. The average molecular weight is 423 g/mol. The van der Waals surface area contributed by atoms with Gasteiger partial charge in [0.15, 0.2) is 0 Å². The van der Waals surface area contributed by atoms with E-state index in [1.807, 2.05) is 0 Å². The summed E-state index contributed by atoms with van der Waals surface area (Å²) in [6.07, 6.45) is 0. The number of benzene rings is 2. The topological polar surface area (TPSA) is 84.5 Å². The van der Waals surface area contributed by atoms with E-state index in [0.29, 0.717) is 20.7 Å². The number of hydrogen-bond donors (Lipinski definition) is 2. The molecule has 2 N–H and O–H groups in total. The molecule has 148 valence electrons. The summed E-state index contributed by atoms with van der Waals surface area (Å²) in [4.78, 5) is 12.9. The largest absolute Gasteiger partial charge is 0.383 e. The molecule has 6 nitrogen and oxygen atoms in total. The van der Waals surface area contributed by atoms with E-state index in [1.165, 1.54) is 54.8 Å². The highest BCUT2D eigenvalue weighted by Crippen LogP contribution is 2.28. The van der Waals surface area contributed by atoms with E-state index < -0.39 is 10.0 Å². The first-order valence-corrected chi connectivity index (χ1v) is 10.7. The number of rotatable bonds is 7.